The number of carbonyl (C=O) groups is 1. The van der Waals surface area contributed by atoms with Gasteiger partial charge in [0.15, 0.2) is 0 Å². The van der Waals surface area contributed by atoms with Gasteiger partial charge >= 0.3 is 0 Å². The molecule has 19 heavy (non-hydrogen) atoms. The Bertz CT molecular complexity index is 444. The largest absolute Gasteiger partial charge is 0.340 e. The molecule has 1 atom stereocenters. The summed E-state index contributed by atoms with van der Waals surface area (Å²) in [5.41, 5.74) is 1.50. The molecule has 1 amide bonds. The van der Waals surface area contributed by atoms with Gasteiger partial charge in [-0.1, -0.05) is 18.2 Å². The Balaban J connectivity index is 1.51. The van der Waals surface area contributed by atoms with Crippen molar-refractivity contribution in [3.05, 3.63) is 29.8 Å². The summed E-state index contributed by atoms with van der Waals surface area (Å²) in [6.07, 6.45) is 1.19. The van der Waals surface area contributed by atoms with Crippen LogP contribution in [0.2, 0.25) is 0 Å². The Morgan fingerprint density at radius 2 is 2.00 bits per heavy atom. The van der Waals surface area contributed by atoms with Crippen molar-refractivity contribution < 1.29 is 4.79 Å². The summed E-state index contributed by atoms with van der Waals surface area (Å²) >= 11 is 2.01. The number of rotatable bonds is 2. The number of piperazine rings is 1. The fourth-order valence-electron chi connectivity index (χ4n) is 2.89. The summed E-state index contributed by atoms with van der Waals surface area (Å²) in [6.45, 7) is 6.63. The lowest BCUT2D eigenvalue weighted by molar-refractivity contribution is -0.130. The lowest BCUT2D eigenvalue weighted by Crippen LogP contribution is -2.49. The monoisotopic (exact) mass is 276 g/mol. The van der Waals surface area contributed by atoms with Gasteiger partial charge in [0.25, 0.3) is 0 Å². The third kappa shape index (κ3) is 2.95. The molecule has 1 unspecified atom stereocenters. The SMILES string of the molecule is CC(=O)N1CCN(CC2Cc3ccccc3S2)CC1. The van der Waals surface area contributed by atoms with Crippen molar-refractivity contribution in [3.8, 4) is 0 Å². The Hall–Kier alpha value is -1.00. The predicted molar refractivity (Wildman–Crippen MR) is 78.5 cm³/mol. The molecule has 1 aromatic rings. The van der Waals surface area contributed by atoms with Crippen molar-refractivity contribution in [2.45, 2.75) is 23.5 Å². The van der Waals surface area contributed by atoms with Crippen LogP contribution in [0.1, 0.15) is 12.5 Å². The molecule has 3 nitrogen and oxygen atoms in total. The molecule has 0 radical (unpaired) electrons. The minimum absolute atomic E-state index is 0.210. The standard InChI is InChI=1S/C15H20N2OS/c1-12(18)17-8-6-16(7-9-17)11-14-10-13-4-2-3-5-15(13)19-14/h2-5,14H,6-11H2,1H3. The van der Waals surface area contributed by atoms with Crippen LogP contribution in [0.3, 0.4) is 0 Å². The highest BCUT2D eigenvalue weighted by Crippen LogP contribution is 2.37. The highest BCUT2D eigenvalue weighted by atomic mass is 32.2. The van der Waals surface area contributed by atoms with E-state index in [1.807, 2.05) is 16.7 Å². The van der Waals surface area contributed by atoms with Gasteiger partial charge in [-0.15, -0.1) is 11.8 Å². The van der Waals surface area contributed by atoms with Crippen LogP contribution in [0.5, 0.6) is 0 Å². The smallest absolute Gasteiger partial charge is 0.219 e. The van der Waals surface area contributed by atoms with Gasteiger partial charge in [0, 0.05) is 49.8 Å². The van der Waals surface area contributed by atoms with E-state index in [1.165, 1.54) is 16.9 Å². The van der Waals surface area contributed by atoms with E-state index in [1.54, 1.807) is 6.92 Å². The van der Waals surface area contributed by atoms with Gasteiger partial charge in [0.1, 0.15) is 0 Å². The highest BCUT2D eigenvalue weighted by molar-refractivity contribution is 8.00. The van der Waals surface area contributed by atoms with E-state index in [0.29, 0.717) is 5.25 Å². The van der Waals surface area contributed by atoms with Crippen molar-refractivity contribution >= 4 is 17.7 Å². The first-order valence-corrected chi connectivity index (χ1v) is 7.83. The first-order chi connectivity index (χ1) is 9.22. The zero-order chi connectivity index (χ0) is 13.2. The van der Waals surface area contributed by atoms with Crippen LogP contribution >= 0.6 is 11.8 Å². The Morgan fingerprint density at radius 1 is 1.26 bits per heavy atom. The number of thioether (sulfide) groups is 1. The summed E-state index contributed by atoms with van der Waals surface area (Å²) in [5, 5.41) is 0.682. The summed E-state index contributed by atoms with van der Waals surface area (Å²) < 4.78 is 0. The quantitative estimate of drug-likeness (QED) is 0.824. The summed E-state index contributed by atoms with van der Waals surface area (Å²) in [6, 6.07) is 8.73. The maximum absolute atomic E-state index is 11.3. The second-order valence-electron chi connectivity index (χ2n) is 5.36. The predicted octanol–water partition coefficient (Wildman–Crippen LogP) is 1.87. The molecule has 3 rings (SSSR count). The van der Waals surface area contributed by atoms with Crippen LogP contribution in [0.4, 0.5) is 0 Å². The lowest BCUT2D eigenvalue weighted by Gasteiger charge is -2.35. The van der Waals surface area contributed by atoms with E-state index in [9.17, 15) is 4.79 Å². The second-order valence-corrected chi connectivity index (χ2v) is 6.70. The minimum atomic E-state index is 0.210. The van der Waals surface area contributed by atoms with Crippen molar-refractivity contribution in [1.82, 2.24) is 9.80 Å². The number of fused-ring (bicyclic) bond motifs is 1. The molecule has 0 aromatic heterocycles. The normalized spacial score (nSPS) is 23.4. The van der Waals surface area contributed by atoms with Crippen LogP contribution in [0.15, 0.2) is 29.2 Å². The fourth-order valence-corrected chi connectivity index (χ4v) is 4.26. The Labute approximate surface area is 119 Å². The molecule has 2 aliphatic rings. The lowest BCUT2D eigenvalue weighted by atomic mass is 10.1. The number of carbonyl (C=O) groups excluding carboxylic acids is 1. The molecule has 4 heteroatoms. The molecular formula is C15H20N2OS. The zero-order valence-corrected chi connectivity index (χ0v) is 12.2. The van der Waals surface area contributed by atoms with Gasteiger partial charge < -0.3 is 4.90 Å². The highest BCUT2D eigenvalue weighted by Gasteiger charge is 2.26. The summed E-state index contributed by atoms with van der Waals surface area (Å²) in [4.78, 5) is 17.2. The maximum Gasteiger partial charge on any atom is 0.219 e. The summed E-state index contributed by atoms with van der Waals surface area (Å²) in [7, 11) is 0. The van der Waals surface area contributed by atoms with Gasteiger partial charge in [0.2, 0.25) is 5.91 Å². The minimum Gasteiger partial charge on any atom is -0.340 e. The van der Waals surface area contributed by atoms with Crippen molar-refractivity contribution in [1.29, 1.82) is 0 Å². The fraction of sp³-hybridized carbons (Fsp3) is 0.533. The molecule has 0 spiro atoms. The van der Waals surface area contributed by atoms with E-state index in [2.05, 4.69) is 29.2 Å². The third-order valence-corrected chi connectivity index (χ3v) is 5.29. The Kier molecular flexibility index (Phi) is 3.80. The average Bonchev–Trinajstić information content (AvgIpc) is 2.81. The van der Waals surface area contributed by atoms with Gasteiger partial charge in [-0.3, -0.25) is 9.69 Å². The number of hydrogen-bond acceptors (Lipinski definition) is 3. The number of amides is 1. The van der Waals surface area contributed by atoms with E-state index < -0.39 is 0 Å². The van der Waals surface area contributed by atoms with E-state index in [4.69, 9.17) is 0 Å². The van der Waals surface area contributed by atoms with E-state index >= 15 is 0 Å². The molecule has 0 aliphatic carbocycles. The van der Waals surface area contributed by atoms with Gasteiger partial charge in [-0.05, 0) is 18.1 Å². The van der Waals surface area contributed by atoms with Crippen LogP contribution < -0.4 is 0 Å². The third-order valence-electron chi connectivity index (χ3n) is 3.99. The molecule has 2 aliphatic heterocycles. The van der Waals surface area contributed by atoms with E-state index in [-0.39, 0.29) is 5.91 Å². The van der Waals surface area contributed by atoms with Gasteiger partial charge in [-0.25, -0.2) is 0 Å². The van der Waals surface area contributed by atoms with Crippen molar-refractivity contribution in [2.75, 3.05) is 32.7 Å². The Morgan fingerprint density at radius 3 is 2.68 bits per heavy atom. The van der Waals surface area contributed by atoms with Crippen molar-refractivity contribution in [3.63, 3.8) is 0 Å². The molecule has 0 saturated carbocycles. The topological polar surface area (TPSA) is 23.6 Å². The zero-order valence-electron chi connectivity index (χ0n) is 11.3. The molecule has 0 bridgehead atoms. The number of benzene rings is 1. The first-order valence-electron chi connectivity index (χ1n) is 6.95. The molecule has 1 fully saturated rings. The molecular weight excluding hydrogens is 256 g/mol. The molecule has 0 N–H and O–H groups in total. The van der Waals surface area contributed by atoms with Crippen LogP contribution in [0, 0.1) is 0 Å². The van der Waals surface area contributed by atoms with Gasteiger partial charge in [0.05, 0.1) is 0 Å². The van der Waals surface area contributed by atoms with Crippen LogP contribution in [0.25, 0.3) is 0 Å². The van der Waals surface area contributed by atoms with Crippen LogP contribution in [-0.2, 0) is 11.2 Å². The second kappa shape index (κ2) is 5.55. The molecule has 102 valence electrons. The summed E-state index contributed by atoms with van der Waals surface area (Å²) in [5.74, 6) is 0.210. The molecule has 1 saturated heterocycles. The van der Waals surface area contributed by atoms with Crippen LogP contribution in [-0.4, -0.2) is 53.7 Å². The average molecular weight is 276 g/mol. The molecule has 1 aromatic carbocycles. The first kappa shape index (κ1) is 13.0. The number of nitrogens with zero attached hydrogens (tertiary/aromatic N) is 2. The van der Waals surface area contributed by atoms with Gasteiger partial charge in [-0.2, -0.15) is 0 Å². The maximum atomic E-state index is 11.3. The van der Waals surface area contributed by atoms with E-state index in [0.717, 1.165) is 32.7 Å². The van der Waals surface area contributed by atoms with Crippen molar-refractivity contribution in [2.24, 2.45) is 0 Å². The number of hydrogen-bond donors (Lipinski definition) is 0. The molecule has 2 heterocycles.